The molecule has 108 valence electrons. The number of benzene rings is 1. The topological polar surface area (TPSA) is 57.6 Å². The zero-order valence-electron chi connectivity index (χ0n) is 11.6. The molecule has 1 aliphatic rings. The summed E-state index contributed by atoms with van der Waals surface area (Å²) in [7, 11) is 0. The largest absolute Gasteiger partial charge is 0.480 e. The van der Waals surface area contributed by atoms with Crippen molar-refractivity contribution in [1.29, 1.82) is 0 Å². The van der Waals surface area contributed by atoms with Gasteiger partial charge in [0.05, 0.1) is 5.56 Å². The quantitative estimate of drug-likeness (QED) is 0.904. The molecule has 2 unspecified atom stereocenters. The van der Waals surface area contributed by atoms with Gasteiger partial charge in [-0.05, 0) is 37.3 Å². The summed E-state index contributed by atoms with van der Waals surface area (Å²) < 4.78 is 14.0. The second-order valence-electron chi connectivity index (χ2n) is 5.34. The second kappa shape index (κ2) is 5.61. The maximum atomic E-state index is 14.0. The Bertz CT molecular complexity index is 544. The van der Waals surface area contributed by atoms with Gasteiger partial charge in [0, 0.05) is 6.54 Å². The fourth-order valence-corrected chi connectivity index (χ4v) is 2.76. The smallest absolute Gasteiger partial charge is 0.326 e. The van der Waals surface area contributed by atoms with Gasteiger partial charge in [0.15, 0.2) is 0 Å². The standard InChI is InChI=1S/C15H18FNO3/c1-9-5-3-7-11(12(9)16)14(18)17-8-4-6-10(2)13(17)15(19)20/h3,5,7,10,13H,4,6,8H2,1-2H3,(H,19,20). The van der Waals surface area contributed by atoms with Crippen LogP contribution in [0.3, 0.4) is 0 Å². The fourth-order valence-electron chi connectivity index (χ4n) is 2.76. The van der Waals surface area contributed by atoms with Crippen LogP contribution in [0.2, 0.25) is 0 Å². The van der Waals surface area contributed by atoms with E-state index in [0.717, 1.165) is 12.8 Å². The van der Waals surface area contributed by atoms with Crippen molar-refractivity contribution in [1.82, 2.24) is 4.90 Å². The van der Waals surface area contributed by atoms with E-state index in [9.17, 15) is 19.1 Å². The molecular weight excluding hydrogens is 261 g/mol. The van der Waals surface area contributed by atoms with Crippen LogP contribution in [0.4, 0.5) is 4.39 Å². The molecule has 20 heavy (non-hydrogen) atoms. The van der Waals surface area contributed by atoms with E-state index in [4.69, 9.17) is 0 Å². The summed E-state index contributed by atoms with van der Waals surface area (Å²) in [6.07, 6.45) is 1.50. The normalized spacial score (nSPS) is 22.6. The molecule has 0 aromatic heterocycles. The van der Waals surface area contributed by atoms with Gasteiger partial charge in [0.1, 0.15) is 11.9 Å². The van der Waals surface area contributed by atoms with Crippen LogP contribution in [0.15, 0.2) is 18.2 Å². The van der Waals surface area contributed by atoms with E-state index in [1.165, 1.54) is 11.0 Å². The summed E-state index contributed by atoms with van der Waals surface area (Å²) in [5.41, 5.74) is 0.332. The van der Waals surface area contributed by atoms with Crippen LogP contribution < -0.4 is 0 Å². The number of amides is 1. The molecule has 1 N–H and O–H groups in total. The highest BCUT2D eigenvalue weighted by Crippen LogP contribution is 2.26. The molecule has 1 fully saturated rings. The molecule has 2 rings (SSSR count). The number of piperidine rings is 1. The fraction of sp³-hybridized carbons (Fsp3) is 0.467. The van der Waals surface area contributed by atoms with Crippen molar-refractivity contribution in [3.8, 4) is 0 Å². The number of aryl methyl sites for hydroxylation is 1. The summed E-state index contributed by atoms with van der Waals surface area (Å²) in [5.74, 6) is -2.26. The van der Waals surface area contributed by atoms with Crippen molar-refractivity contribution in [2.24, 2.45) is 5.92 Å². The molecule has 1 amide bonds. The minimum absolute atomic E-state index is 0.0506. The molecule has 0 spiro atoms. The highest BCUT2D eigenvalue weighted by Gasteiger charge is 2.38. The molecule has 1 heterocycles. The Morgan fingerprint density at radius 1 is 1.40 bits per heavy atom. The zero-order chi connectivity index (χ0) is 14.9. The Kier molecular flexibility index (Phi) is 4.06. The Morgan fingerprint density at radius 3 is 2.75 bits per heavy atom. The van der Waals surface area contributed by atoms with Crippen LogP contribution in [0, 0.1) is 18.7 Å². The van der Waals surface area contributed by atoms with Gasteiger partial charge in [-0.15, -0.1) is 0 Å². The van der Waals surface area contributed by atoms with Crippen LogP contribution in [0.25, 0.3) is 0 Å². The van der Waals surface area contributed by atoms with Gasteiger partial charge < -0.3 is 10.0 Å². The van der Waals surface area contributed by atoms with Crippen molar-refractivity contribution in [3.63, 3.8) is 0 Å². The van der Waals surface area contributed by atoms with Crippen LogP contribution >= 0.6 is 0 Å². The number of carbonyl (C=O) groups excluding carboxylic acids is 1. The first-order valence-corrected chi connectivity index (χ1v) is 6.72. The lowest BCUT2D eigenvalue weighted by atomic mass is 9.90. The van der Waals surface area contributed by atoms with Crippen molar-refractivity contribution in [2.75, 3.05) is 6.54 Å². The maximum Gasteiger partial charge on any atom is 0.326 e. The third-order valence-corrected chi connectivity index (χ3v) is 3.87. The first-order valence-electron chi connectivity index (χ1n) is 6.72. The van der Waals surface area contributed by atoms with E-state index in [-0.39, 0.29) is 11.5 Å². The average Bonchev–Trinajstić information content (AvgIpc) is 2.40. The number of halogens is 1. The Morgan fingerprint density at radius 2 is 2.10 bits per heavy atom. The summed E-state index contributed by atoms with van der Waals surface area (Å²) in [6.45, 7) is 3.75. The molecule has 0 aliphatic carbocycles. The van der Waals surface area contributed by atoms with E-state index >= 15 is 0 Å². The number of hydrogen-bond acceptors (Lipinski definition) is 2. The SMILES string of the molecule is Cc1cccc(C(=O)N2CCCC(C)C2C(=O)O)c1F. The van der Waals surface area contributed by atoms with E-state index < -0.39 is 23.7 Å². The Balaban J connectivity index is 2.35. The number of aliphatic carboxylic acids is 1. The van der Waals surface area contributed by atoms with Gasteiger partial charge in [-0.1, -0.05) is 19.1 Å². The minimum Gasteiger partial charge on any atom is -0.480 e. The predicted octanol–water partition coefficient (Wildman–Crippen LogP) is 2.46. The van der Waals surface area contributed by atoms with Gasteiger partial charge in [-0.25, -0.2) is 9.18 Å². The summed E-state index contributed by atoms with van der Waals surface area (Å²) >= 11 is 0. The molecule has 1 aliphatic heterocycles. The second-order valence-corrected chi connectivity index (χ2v) is 5.34. The molecule has 0 bridgehead atoms. The van der Waals surface area contributed by atoms with Crippen molar-refractivity contribution < 1.29 is 19.1 Å². The van der Waals surface area contributed by atoms with E-state index in [0.29, 0.717) is 12.1 Å². The highest BCUT2D eigenvalue weighted by molar-refractivity contribution is 5.97. The van der Waals surface area contributed by atoms with Crippen LogP contribution in [-0.2, 0) is 4.79 Å². The van der Waals surface area contributed by atoms with Crippen molar-refractivity contribution in [3.05, 3.63) is 35.1 Å². The van der Waals surface area contributed by atoms with Gasteiger partial charge >= 0.3 is 5.97 Å². The van der Waals surface area contributed by atoms with E-state index in [1.54, 1.807) is 19.1 Å². The number of nitrogens with zero attached hydrogens (tertiary/aromatic N) is 1. The molecule has 5 heteroatoms. The first-order chi connectivity index (χ1) is 9.43. The first kappa shape index (κ1) is 14.5. The Hall–Kier alpha value is -1.91. The van der Waals surface area contributed by atoms with Gasteiger partial charge in [0.25, 0.3) is 5.91 Å². The highest BCUT2D eigenvalue weighted by atomic mass is 19.1. The monoisotopic (exact) mass is 279 g/mol. The van der Waals surface area contributed by atoms with Gasteiger partial charge in [-0.2, -0.15) is 0 Å². The summed E-state index contributed by atoms with van der Waals surface area (Å²) in [5, 5.41) is 9.31. The lowest BCUT2D eigenvalue weighted by molar-refractivity contribution is -0.145. The minimum atomic E-state index is -1.03. The Labute approximate surface area is 117 Å². The predicted molar refractivity (Wildman–Crippen MR) is 72.0 cm³/mol. The number of rotatable bonds is 2. The number of carbonyl (C=O) groups is 2. The van der Waals surface area contributed by atoms with E-state index in [2.05, 4.69) is 0 Å². The van der Waals surface area contributed by atoms with Crippen LogP contribution in [-0.4, -0.2) is 34.5 Å². The average molecular weight is 279 g/mol. The molecule has 2 atom stereocenters. The molecule has 1 saturated heterocycles. The van der Waals surface area contributed by atoms with Crippen molar-refractivity contribution in [2.45, 2.75) is 32.7 Å². The number of hydrogen-bond donors (Lipinski definition) is 1. The molecule has 0 saturated carbocycles. The van der Waals surface area contributed by atoms with Crippen molar-refractivity contribution >= 4 is 11.9 Å². The number of carboxylic acid groups (broad SMARTS) is 1. The lowest BCUT2D eigenvalue weighted by Gasteiger charge is -2.37. The zero-order valence-corrected chi connectivity index (χ0v) is 11.6. The molecule has 4 nitrogen and oxygen atoms in total. The van der Waals surface area contributed by atoms with Crippen LogP contribution in [0.5, 0.6) is 0 Å². The molecule has 1 aromatic carbocycles. The summed E-state index contributed by atoms with van der Waals surface area (Å²) in [6, 6.07) is 3.72. The third-order valence-electron chi connectivity index (χ3n) is 3.87. The maximum absolute atomic E-state index is 14.0. The van der Waals surface area contributed by atoms with E-state index in [1.807, 2.05) is 6.92 Å². The molecule has 0 radical (unpaired) electrons. The molecular formula is C15H18FNO3. The van der Waals surface area contributed by atoms with Crippen LogP contribution in [0.1, 0.15) is 35.7 Å². The van der Waals surface area contributed by atoms with Gasteiger partial charge in [0.2, 0.25) is 0 Å². The molecule has 1 aromatic rings. The lowest BCUT2D eigenvalue weighted by Crippen LogP contribution is -2.52. The number of carboxylic acids is 1. The summed E-state index contributed by atoms with van der Waals surface area (Å²) in [4.78, 5) is 25.1. The van der Waals surface area contributed by atoms with Gasteiger partial charge in [-0.3, -0.25) is 4.79 Å². The number of likely N-dealkylation sites (tertiary alicyclic amines) is 1. The third kappa shape index (κ3) is 2.53.